The van der Waals surface area contributed by atoms with Gasteiger partial charge in [0.05, 0.1) is 12.6 Å². The van der Waals surface area contributed by atoms with Gasteiger partial charge in [-0.1, -0.05) is 6.42 Å². The molecule has 1 aromatic carbocycles. The fourth-order valence-electron chi connectivity index (χ4n) is 4.99. The van der Waals surface area contributed by atoms with E-state index < -0.39 is 0 Å². The maximum Gasteiger partial charge on any atom is 0.225 e. The van der Waals surface area contributed by atoms with Crippen molar-refractivity contribution in [3.05, 3.63) is 29.5 Å². The largest absolute Gasteiger partial charge is 0.497 e. The summed E-state index contributed by atoms with van der Waals surface area (Å²) in [6, 6.07) is 6.29. The molecule has 2 aromatic rings. The highest BCUT2D eigenvalue weighted by atomic mass is 16.5. The minimum absolute atomic E-state index is 0.0176. The van der Waals surface area contributed by atoms with Gasteiger partial charge >= 0.3 is 0 Å². The molecule has 3 heterocycles. The second-order valence-electron chi connectivity index (χ2n) is 8.10. The van der Waals surface area contributed by atoms with Crippen LogP contribution < -0.4 is 10.1 Å². The van der Waals surface area contributed by atoms with Crippen molar-refractivity contribution in [3.63, 3.8) is 0 Å². The number of amides is 1. The molecule has 1 aromatic heterocycles. The Hall–Kier alpha value is -2.01. The molecule has 0 radical (unpaired) electrons. The van der Waals surface area contributed by atoms with Crippen molar-refractivity contribution >= 4 is 16.8 Å². The maximum atomic E-state index is 12.6. The van der Waals surface area contributed by atoms with Crippen molar-refractivity contribution in [3.8, 4) is 5.75 Å². The first kappa shape index (κ1) is 16.2. The van der Waals surface area contributed by atoms with Gasteiger partial charge in [-0.05, 0) is 55.9 Å². The first-order valence-electron chi connectivity index (χ1n) is 9.93. The van der Waals surface area contributed by atoms with Gasteiger partial charge in [0.15, 0.2) is 0 Å². The number of ether oxygens (including phenoxy) is 1. The molecule has 5 heteroatoms. The summed E-state index contributed by atoms with van der Waals surface area (Å²) in [7, 11) is 1.72. The van der Waals surface area contributed by atoms with E-state index >= 15 is 0 Å². The number of benzene rings is 1. The monoisotopic (exact) mass is 353 g/mol. The fourth-order valence-corrected chi connectivity index (χ4v) is 4.99. The molecule has 2 N–H and O–H groups in total. The third-order valence-electron chi connectivity index (χ3n) is 6.81. The average Bonchev–Trinajstić information content (AvgIpc) is 3.00. The molecular formula is C21H27N3O2. The van der Waals surface area contributed by atoms with E-state index in [1.54, 1.807) is 7.11 Å². The van der Waals surface area contributed by atoms with Crippen LogP contribution in [-0.4, -0.2) is 42.5 Å². The van der Waals surface area contributed by atoms with Crippen molar-refractivity contribution in [1.82, 2.24) is 15.2 Å². The van der Waals surface area contributed by atoms with E-state index in [9.17, 15) is 4.79 Å². The number of H-pyrrole nitrogens is 1. The van der Waals surface area contributed by atoms with Crippen LogP contribution in [0.4, 0.5) is 0 Å². The minimum atomic E-state index is -0.0176. The summed E-state index contributed by atoms with van der Waals surface area (Å²) in [4.78, 5) is 18.4. The van der Waals surface area contributed by atoms with Gasteiger partial charge in [-0.3, -0.25) is 4.79 Å². The molecule has 0 unspecified atom stereocenters. The molecular weight excluding hydrogens is 326 g/mol. The third-order valence-corrected chi connectivity index (χ3v) is 6.81. The summed E-state index contributed by atoms with van der Waals surface area (Å²) >= 11 is 0. The van der Waals surface area contributed by atoms with Crippen LogP contribution >= 0.6 is 0 Å². The Kier molecular flexibility index (Phi) is 3.74. The van der Waals surface area contributed by atoms with Crippen LogP contribution in [-0.2, 0) is 16.8 Å². The number of carbonyl (C=O) groups excluding carboxylic acids is 1. The Bertz CT molecular complexity index is 844. The number of nitrogens with one attached hydrogen (secondary N) is 2. The Labute approximate surface area is 154 Å². The number of aromatic nitrogens is 1. The highest BCUT2D eigenvalue weighted by Gasteiger charge is 2.43. The van der Waals surface area contributed by atoms with Crippen molar-refractivity contribution < 1.29 is 9.53 Å². The first-order valence-corrected chi connectivity index (χ1v) is 9.93. The molecule has 1 saturated carbocycles. The summed E-state index contributed by atoms with van der Waals surface area (Å²) in [6.45, 7) is 2.72. The van der Waals surface area contributed by atoms with Crippen LogP contribution in [0.25, 0.3) is 10.9 Å². The van der Waals surface area contributed by atoms with E-state index in [0.717, 1.165) is 57.5 Å². The van der Waals surface area contributed by atoms with Gasteiger partial charge < -0.3 is 19.9 Å². The highest BCUT2D eigenvalue weighted by molar-refractivity contribution is 5.87. The zero-order valence-electron chi connectivity index (χ0n) is 15.4. The second kappa shape index (κ2) is 6.02. The number of piperidine rings is 1. The van der Waals surface area contributed by atoms with Crippen LogP contribution in [0.15, 0.2) is 18.2 Å². The normalized spacial score (nSPS) is 22.3. The summed E-state index contributed by atoms with van der Waals surface area (Å²) in [5, 5.41) is 5.08. The van der Waals surface area contributed by atoms with Crippen molar-refractivity contribution in [2.24, 2.45) is 5.92 Å². The van der Waals surface area contributed by atoms with E-state index in [-0.39, 0.29) is 5.54 Å². The molecule has 2 fully saturated rings. The summed E-state index contributed by atoms with van der Waals surface area (Å²) < 4.78 is 5.42. The van der Waals surface area contributed by atoms with Crippen molar-refractivity contribution in [2.75, 3.05) is 26.7 Å². The number of methoxy groups -OCH3 is 1. The quantitative estimate of drug-likeness (QED) is 0.873. The van der Waals surface area contributed by atoms with Gasteiger partial charge in [0.2, 0.25) is 5.91 Å². The zero-order chi connectivity index (χ0) is 17.7. The standard InChI is InChI=1S/C21H27N3O2/c1-26-15-5-6-18-17(13-15)16-7-10-22-21(19(16)23-18)8-11-24(12-9-21)20(25)14-3-2-4-14/h5-6,13-14,22-23H,2-4,7-12H2,1H3. The van der Waals surface area contributed by atoms with Crippen LogP contribution in [0.2, 0.25) is 0 Å². The smallest absolute Gasteiger partial charge is 0.225 e. The SMILES string of the molecule is COc1ccc2[nH]c3c(c2c1)CCNC31CCN(C(=O)C2CCC2)CC1. The van der Waals surface area contributed by atoms with E-state index in [4.69, 9.17) is 4.74 Å². The lowest BCUT2D eigenvalue weighted by Crippen LogP contribution is -2.56. The van der Waals surface area contributed by atoms with Gasteiger partial charge in [-0.2, -0.15) is 0 Å². The summed E-state index contributed by atoms with van der Waals surface area (Å²) in [6.07, 6.45) is 6.41. The number of fused-ring (bicyclic) bond motifs is 4. The fraction of sp³-hybridized carbons (Fsp3) is 0.571. The molecule has 26 heavy (non-hydrogen) atoms. The lowest BCUT2D eigenvalue weighted by atomic mass is 9.78. The molecule has 1 aliphatic carbocycles. The number of nitrogens with zero attached hydrogens (tertiary/aromatic N) is 1. The molecule has 1 saturated heterocycles. The highest BCUT2D eigenvalue weighted by Crippen LogP contribution is 2.41. The van der Waals surface area contributed by atoms with E-state index in [0.29, 0.717) is 11.8 Å². The number of carbonyl (C=O) groups is 1. The average molecular weight is 353 g/mol. The molecule has 0 bridgehead atoms. The molecule has 3 aliphatic rings. The number of hydrogen-bond donors (Lipinski definition) is 2. The topological polar surface area (TPSA) is 57.4 Å². The zero-order valence-corrected chi connectivity index (χ0v) is 15.4. The number of likely N-dealkylation sites (tertiary alicyclic amines) is 1. The summed E-state index contributed by atoms with van der Waals surface area (Å²) in [5.41, 5.74) is 3.93. The van der Waals surface area contributed by atoms with Gasteiger partial charge in [-0.15, -0.1) is 0 Å². The Morgan fingerprint density at radius 2 is 2.08 bits per heavy atom. The molecule has 2 aliphatic heterocycles. The van der Waals surface area contributed by atoms with Crippen LogP contribution in [0.3, 0.4) is 0 Å². The number of rotatable bonds is 2. The predicted octanol–water partition coefficient (Wildman–Crippen LogP) is 2.94. The minimum Gasteiger partial charge on any atom is -0.497 e. The lowest BCUT2D eigenvalue weighted by molar-refractivity contribution is -0.140. The van der Waals surface area contributed by atoms with E-state index in [2.05, 4.69) is 27.3 Å². The van der Waals surface area contributed by atoms with Crippen molar-refractivity contribution in [1.29, 1.82) is 0 Å². The Morgan fingerprint density at radius 3 is 2.77 bits per heavy atom. The lowest BCUT2D eigenvalue weighted by Gasteiger charge is -2.46. The maximum absolute atomic E-state index is 12.6. The Morgan fingerprint density at radius 1 is 1.27 bits per heavy atom. The second-order valence-corrected chi connectivity index (χ2v) is 8.10. The van der Waals surface area contributed by atoms with Crippen LogP contribution in [0.1, 0.15) is 43.4 Å². The van der Waals surface area contributed by atoms with Gasteiger partial charge in [0.1, 0.15) is 5.75 Å². The molecule has 5 nitrogen and oxygen atoms in total. The molecule has 138 valence electrons. The van der Waals surface area contributed by atoms with Gasteiger partial charge in [0.25, 0.3) is 0 Å². The van der Waals surface area contributed by atoms with E-state index in [1.807, 2.05) is 6.07 Å². The molecule has 5 rings (SSSR count). The van der Waals surface area contributed by atoms with Crippen molar-refractivity contribution in [2.45, 2.75) is 44.1 Å². The summed E-state index contributed by atoms with van der Waals surface area (Å²) in [5.74, 6) is 1.61. The predicted molar refractivity (Wildman–Crippen MR) is 101 cm³/mol. The van der Waals surface area contributed by atoms with E-state index in [1.165, 1.54) is 28.6 Å². The van der Waals surface area contributed by atoms with Gasteiger partial charge in [0, 0.05) is 42.1 Å². The third kappa shape index (κ3) is 2.37. The van der Waals surface area contributed by atoms with Gasteiger partial charge in [-0.25, -0.2) is 0 Å². The molecule has 1 spiro atoms. The molecule has 0 atom stereocenters. The Balaban J connectivity index is 1.44. The number of aromatic amines is 1. The molecule has 1 amide bonds. The number of hydrogen-bond acceptors (Lipinski definition) is 3. The first-order chi connectivity index (χ1) is 12.7. The van der Waals surface area contributed by atoms with Crippen LogP contribution in [0, 0.1) is 5.92 Å². The van der Waals surface area contributed by atoms with Crippen LogP contribution in [0.5, 0.6) is 5.75 Å².